The van der Waals surface area contributed by atoms with Crippen LogP contribution in [-0.2, 0) is 0 Å². The van der Waals surface area contributed by atoms with Crippen LogP contribution < -0.4 is 5.73 Å². The lowest BCUT2D eigenvalue weighted by Crippen LogP contribution is -2.11. The Labute approximate surface area is 97.5 Å². The molecular formula is C11H10ClN3O. The van der Waals surface area contributed by atoms with Crippen molar-refractivity contribution in [3.8, 4) is 11.3 Å². The second-order valence-electron chi connectivity index (χ2n) is 3.42. The van der Waals surface area contributed by atoms with E-state index in [1.165, 1.54) is 0 Å². The van der Waals surface area contributed by atoms with Gasteiger partial charge in [0.1, 0.15) is 0 Å². The summed E-state index contributed by atoms with van der Waals surface area (Å²) in [5, 5.41) is 0.345. The summed E-state index contributed by atoms with van der Waals surface area (Å²) in [5.41, 5.74) is 7.73. The topological polar surface area (TPSA) is 71.8 Å². The van der Waals surface area contributed by atoms with Crippen molar-refractivity contribution in [3.05, 3.63) is 40.8 Å². The van der Waals surface area contributed by atoms with Gasteiger partial charge < -0.3 is 10.7 Å². The van der Waals surface area contributed by atoms with Crippen LogP contribution in [0.2, 0.25) is 5.02 Å². The van der Waals surface area contributed by atoms with Crippen molar-refractivity contribution in [2.75, 3.05) is 0 Å². The molecule has 0 aliphatic rings. The van der Waals surface area contributed by atoms with Gasteiger partial charge in [-0.2, -0.15) is 0 Å². The number of aryl methyl sites for hydroxylation is 1. The number of nitrogens with zero attached hydrogens (tertiary/aromatic N) is 1. The predicted molar refractivity (Wildman–Crippen MR) is 62.3 cm³/mol. The third kappa shape index (κ3) is 1.67. The number of amides is 1. The van der Waals surface area contributed by atoms with E-state index in [0.29, 0.717) is 22.0 Å². The zero-order chi connectivity index (χ0) is 11.7. The number of nitrogens with one attached hydrogen (secondary N) is 1. The number of halogens is 1. The van der Waals surface area contributed by atoms with Crippen LogP contribution in [0.3, 0.4) is 0 Å². The number of carbonyl (C=O) groups excluding carboxylic acids is 1. The van der Waals surface area contributed by atoms with Gasteiger partial charge in [0.15, 0.2) is 0 Å². The summed E-state index contributed by atoms with van der Waals surface area (Å²) in [5.74, 6) is -0.533. The smallest absolute Gasteiger partial charge is 0.252 e. The first-order valence-corrected chi connectivity index (χ1v) is 5.07. The monoisotopic (exact) mass is 235 g/mol. The maximum absolute atomic E-state index is 11.2. The van der Waals surface area contributed by atoms with E-state index < -0.39 is 5.91 Å². The maximum atomic E-state index is 11.2. The van der Waals surface area contributed by atoms with Crippen LogP contribution in [0, 0.1) is 6.92 Å². The number of carbonyl (C=O) groups is 1. The number of aromatic amines is 1. The summed E-state index contributed by atoms with van der Waals surface area (Å²) in [4.78, 5) is 18.2. The molecule has 0 fully saturated rings. The second kappa shape index (κ2) is 3.98. The molecule has 1 amide bonds. The Morgan fingerprint density at radius 2 is 2.31 bits per heavy atom. The lowest BCUT2D eigenvalue weighted by atomic mass is 10.2. The highest BCUT2D eigenvalue weighted by Gasteiger charge is 2.18. The molecule has 0 aliphatic carbocycles. The number of rotatable bonds is 2. The number of H-pyrrole nitrogens is 1. The Morgan fingerprint density at radius 1 is 1.56 bits per heavy atom. The number of hydrogen-bond acceptors (Lipinski definition) is 2. The fourth-order valence-corrected chi connectivity index (χ4v) is 1.99. The summed E-state index contributed by atoms with van der Waals surface area (Å²) in [6.45, 7) is 1.76. The van der Waals surface area contributed by atoms with E-state index in [2.05, 4.69) is 9.97 Å². The zero-order valence-electron chi connectivity index (χ0n) is 8.62. The van der Waals surface area contributed by atoms with Gasteiger partial charge in [0.25, 0.3) is 5.91 Å². The Morgan fingerprint density at radius 3 is 2.81 bits per heavy atom. The van der Waals surface area contributed by atoms with Gasteiger partial charge >= 0.3 is 0 Å². The van der Waals surface area contributed by atoms with E-state index in [1.54, 1.807) is 25.4 Å². The lowest BCUT2D eigenvalue weighted by Gasteiger charge is -1.97. The molecular weight excluding hydrogens is 226 g/mol. The minimum absolute atomic E-state index is 0.334. The third-order valence-electron chi connectivity index (χ3n) is 2.32. The maximum Gasteiger partial charge on any atom is 0.252 e. The average molecular weight is 236 g/mol. The Hall–Kier alpha value is -1.81. The number of hydrogen-bond donors (Lipinski definition) is 2. The van der Waals surface area contributed by atoms with Crippen LogP contribution in [0.25, 0.3) is 11.3 Å². The molecule has 0 radical (unpaired) electrons. The molecule has 5 heteroatoms. The second-order valence-corrected chi connectivity index (χ2v) is 3.80. The molecule has 2 aromatic rings. The fraction of sp³-hybridized carbons (Fsp3) is 0.0909. The van der Waals surface area contributed by atoms with Gasteiger partial charge in [-0.05, 0) is 19.1 Å². The largest absolute Gasteiger partial charge is 0.365 e. The molecule has 2 heterocycles. The van der Waals surface area contributed by atoms with Crippen molar-refractivity contribution in [1.29, 1.82) is 0 Å². The van der Waals surface area contributed by atoms with Crippen LogP contribution in [0.5, 0.6) is 0 Å². The molecule has 82 valence electrons. The third-order valence-corrected chi connectivity index (χ3v) is 2.70. The predicted octanol–water partition coefficient (Wildman–Crippen LogP) is 2.14. The molecule has 0 aliphatic heterocycles. The summed E-state index contributed by atoms with van der Waals surface area (Å²) in [7, 11) is 0. The minimum Gasteiger partial charge on any atom is -0.365 e. The van der Waals surface area contributed by atoms with E-state index in [0.717, 1.165) is 5.56 Å². The van der Waals surface area contributed by atoms with Crippen molar-refractivity contribution in [2.45, 2.75) is 6.92 Å². The molecule has 2 rings (SSSR count). The molecule has 0 aromatic carbocycles. The minimum atomic E-state index is -0.533. The van der Waals surface area contributed by atoms with E-state index >= 15 is 0 Å². The van der Waals surface area contributed by atoms with Gasteiger partial charge in [-0.1, -0.05) is 11.6 Å². The first kappa shape index (κ1) is 10.7. The summed E-state index contributed by atoms with van der Waals surface area (Å²) >= 11 is 6.10. The van der Waals surface area contributed by atoms with Gasteiger partial charge in [0.2, 0.25) is 0 Å². The van der Waals surface area contributed by atoms with Crippen molar-refractivity contribution in [3.63, 3.8) is 0 Å². The quantitative estimate of drug-likeness (QED) is 0.837. The first-order chi connectivity index (χ1) is 7.61. The zero-order valence-corrected chi connectivity index (χ0v) is 9.38. The number of pyridine rings is 1. The molecule has 0 unspecified atom stereocenters. The molecule has 0 spiro atoms. The van der Waals surface area contributed by atoms with Crippen molar-refractivity contribution < 1.29 is 4.79 Å². The fourth-order valence-electron chi connectivity index (χ4n) is 1.60. The first-order valence-electron chi connectivity index (χ1n) is 4.69. The van der Waals surface area contributed by atoms with Gasteiger partial charge in [0, 0.05) is 23.7 Å². The molecule has 16 heavy (non-hydrogen) atoms. The Kier molecular flexibility index (Phi) is 2.66. The van der Waals surface area contributed by atoms with Gasteiger partial charge in [-0.3, -0.25) is 9.78 Å². The highest BCUT2D eigenvalue weighted by atomic mass is 35.5. The summed E-state index contributed by atoms with van der Waals surface area (Å²) in [6, 6.07) is 3.65. The molecule has 4 nitrogen and oxygen atoms in total. The molecule has 0 saturated heterocycles. The van der Waals surface area contributed by atoms with Gasteiger partial charge in [-0.25, -0.2) is 0 Å². The van der Waals surface area contributed by atoms with Crippen LogP contribution in [0.1, 0.15) is 16.1 Å². The molecule has 0 saturated carbocycles. The van der Waals surface area contributed by atoms with Crippen LogP contribution in [0.4, 0.5) is 0 Å². The molecule has 3 N–H and O–H groups in total. The van der Waals surface area contributed by atoms with Crippen molar-refractivity contribution >= 4 is 17.5 Å². The normalized spacial score (nSPS) is 10.4. The van der Waals surface area contributed by atoms with Crippen molar-refractivity contribution in [2.24, 2.45) is 5.73 Å². The summed E-state index contributed by atoms with van der Waals surface area (Å²) < 4.78 is 0. The van der Waals surface area contributed by atoms with Gasteiger partial charge in [-0.15, -0.1) is 0 Å². The van der Waals surface area contributed by atoms with Gasteiger partial charge in [0.05, 0.1) is 16.3 Å². The van der Waals surface area contributed by atoms with E-state index in [1.807, 2.05) is 6.07 Å². The molecule has 0 atom stereocenters. The Bertz CT molecular complexity index is 534. The SMILES string of the molecule is Cc1[nH]c(-c2cccnc2)c(Cl)c1C(N)=O. The molecule has 2 aromatic heterocycles. The standard InChI is InChI=1S/C11H10ClN3O/c1-6-8(11(13)16)9(12)10(15-6)7-3-2-4-14-5-7/h2-5,15H,1H3,(H2,13,16). The highest BCUT2D eigenvalue weighted by Crippen LogP contribution is 2.31. The van der Waals surface area contributed by atoms with E-state index in [9.17, 15) is 4.79 Å². The summed E-state index contributed by atoms with van der Waals surface area (Å²) in [6.07, 6.45) is 3.34. The Balaban J connectivity index is 2.61. The van der Waals surface area contributed by atoms with Crippen molar-refractivity contribution in [1.82, 2.24) is 9.97 Å². The highest BCUT2D eigenvalue weighted by molar-refractivity contribution is 6.36. The van der Waals surface area contributed by atoms with Crippen LogP contribution in [-0.4, -0.2) is 15.9 Å². The lowest BCUT2D eigenvalue weighted by molar-refractivity contribution is 0.1000. The number of nitrogens with two attached hydrogens (primary N) is 1. The van der Waals surface area contributed by atoms with Crippen LogP contribution in [0.15, 0.2) is 24.5 Å². The van der Waals surface area contributed by atoms with E-state index in [-0.39, 0.29) is 0 Å². The average Bonchev–Trinajstić information content (AvgIpc) is 2.55. The number of aromatic nitrogens is 2. The van der Waals surface area contributed by atoms with E-state index in [4.69, 9.17) is 17.3 Å². The molecule has 0 bridgehead atoms. The number of primary amides is 1. The van der Waals surface area contributed by atoms with Crippen LogP contribution >= 0.6 is 11.6 Å².